The van der Waals surface area contributed by atoms with Crippen LogP contribution in [0.2, 0.25) is 0 Å². The van der Waals surface area contributed by atoms with Gasteiger partial charge in [0.1, 0.15) is 12.6 Å². The van der Waals surface area contributed by atoms with Crippen molar-refractivity contribution in [2.24, 2.45) is 0 Å². The van der Waals surface area contributed by atoms with E-state index in [0.29, 0.717) is 12.6 Å². The minimum absolute atomic E-state index is 0.0638. The van der Waals surface area contributed by atoms with Crippen LogP contribution >= 0.6 is 0 Å². The lowest BCUT2D eigenvalue weighted by Crippen LogP contribution is -2.36. The summed E-state index contributed by atoms with van der Waals surface area (Å²) in [7, 11) is -3.83. The van der Waals surface area contributed by atoms with Crippen molar-refractivity contribution in [3.63, 3.8) is 0 Å². The Kier molecular flexibility index (Phi) is 4.26. The molecule has 2 aromatic carbocycles. The fourth-order valence-corrected chi connectivity index (χ4v) is 3.05. The van der Waals surface area contributed by atoms with E-state index in [4.69, 9.17) is 0 Å². The third-order valence-corrected chi connectivity index (χ3v) is 4.34. The number of carbonyl (C=O) groups excluding carboxylic acids is 2. The number of carbonyl (C=O) groups is 2. The highest BCUT2D eigenvalue weighted by Gasteiger charge is 2.19. The fraction of sp³-hybridized carbons (Fsp3) is 0.143. The van der Waals surface area contributed by atoms with E-state index in [1.165, 1.54) is 12.1 Å². The zero-order chi connectivity index (χ0) is 14.6. The summed E-state index contributed by atoms with van der Waals surface area (Å²) in [5.74, 6) is 0. The van der Waals surface area contributed by atoms with Gasteiger partial charge in [-0.3, -0.25) is 0 Å². The van der Waals surface area contributed by atoms with E-state index in [1.54, 1.807) is 12.1 Å². The Hall–Kier alpha value is -2.05. The summed E-state index contributed by atoms with van der Waals surface area (Å²) in [4.78, 5) is 21.2. The first-order chi connectivity index (χ1) is 9.56. The predicted octanol–water partition coefficient (Wildman–Crippen LogP) is 1.27. The first-order valence-corrected chi connectivity index (χ1v) is 7.45. The second-order valence-corrected chi connectivity index (χ2v) is 5.99. The topological polar surface area (TPSA) is 80.3 Å². The smallest absolute Gasteiger partial charge is 0.241 e. The average molecular weight is 291 g/mol. The van der Waals surface area contributed by atoms with Crippen LogP contribution in [-0.2, 0) is 19.6 Å². The van der Waals surface area contributed by atoms with E-state index in [-0.39, 0.29) is 11.3 Å². The Morgan fingerprint density at radius 1 is 1.05 bits per heavy atom. The predicted molar refractivity (Wildman–Crippen MR) is 74.8 cm³/mol. The number of benzene rings is 2. The van der Waals surface area contributed by atoms with E-state index >= 15 is 0 Å². The van der Waals surface area contributed by atoms with E-state index in [9.17, 15) is 18.0 Å². The van der Waals surface area contributed by atoms with Gasteiger partial charge in [-0.1, -0.05) is 30.3 Å². The van der Waals surface area contributed by atoms with Crippen LogP contribution < -0.4 is 4.72 Å². The maximum Gasteiger partial charge on any atom is 0.241 e. The highest BCUT2D eigenvalue weighted by Crippen LogP contribution is 2.19. The second-order valence-electron chi connectivity index (χ2n) is 4.28. The standard InChI is InChI=1S/C14H13NO4S/c16-8-7-13(10-17)15-20(18,19)14-6-5-11-3-1-2-4-12(11)9-14/h1-6,8-10,13,15H,7H2/t13-/m0/s1. The van der Waals surface area contributed by atoms with Crippen molar-refractivity contribution in [3.8, 4) is 0 Å². The number of sulfonamides is 1. The molecule has 0 saturated carbocycles. The number of hydrogen-bond acceptors (Lipinski definition) is 4. The molecule has 0 unspecified atom stereocenters. The Morgan fingerprint density at radius 2 is 1.75 bits per heavy atom. The summed E-state index contributed by atoms with van der Waals surface area (Å²) in [6.45, 7) is 0. The van der Waals surface area contributed by atoms with E-state index in [2.05, 4.69) is 4.72 Å². The summed E-state index contributed by atoms with van der Waals surface area (Å²) in [5, 5.41) is 1.71. The van der Waals surface area contributed by atoms with E-state index < -0.39 is 16.1 Å². The molecule has 2 rings (SSSR count). The molecule has 5 nitrogen and oxygen atoms in total. The molecule has 0 aliphatic rings. The van der Waals surface area contributed by atoms with Crippen molar-refractivity contribution in [2.75, 3.05) is 0 Å². The molecule has 1 atom stereocenters. The SMILES string of the molecule is O=CC[C@@H](C=O)NS(=O)(=O)c1ccc2ccccc2c1. The third kappa shape index (κ3) is 3.09. The minimum Gasteiger partial charge on any atom is -0.303 e. The number of fused-ring (bicyclic) bond motifs is 1. The van der Waals surface area contributed by atoms with Crippen LogP contribution in [0.15, 0.2) is 47.4 Å². The molecule has 0 aliphatic carbocycles. The number of nitrogens with one attached hydrogen (secondary N) is 1. The Bertz CT molecular complexity index is 740. The molecule has 0 amide bonds. The van der Waals surface area contributed by atoms with Crippen LogP contribution in [0.1, 0.15) is 6.42 Å². The fourth-order valence-electron chi connectivity index (χ4n) is 1.84. The van der Waals surface area contributed by atoms with Crippen LogP contribution in [0.4, 0.5) is 0 Å². The van der Waals surface area contributed by atoms with Gasteiger partial charge in [-0.25, -0.2) is 13.1 Å². The van der Waals surface area contributed by atoms with Crippen LogP contribution in [-0.4, -0.2) is 27.0 Å². The molecule has 2 aromatic rings. The van der Waals surface area contributed by atoms with Crippen LogP contribution in [0.25, 0.3) is 10.8 Å². The lowest BCUT2D eigenvalue weighted by atomic mass is 10.1. The zero-order valence-electron chi connectivity index (χ0n) is 10.5. The Labute approximate surface area is 116 Å². The lowest BCUT2D eigenvalue weighted by Gasteiger charge is -2.11. The molecule has 0 heterocycles. The molecule has 104 valence electrons. The number of aldehydes is 2. The normalized spacial score (nSPS) is 13.0. The van der Waals surface area contributed by atoms with Crippen molar-refractivity contribution in [2.45, 2.75) is 17.4 Å². The van der Waals surface area contributed by atoms with Gasteiger partial charge in [-0.05, 0) is 22.9 Å². The van der Waals surface area contributed by atoms with Crippen molar-refractivity contribution in [1.82, 2.24) is 4.72 Å². The van der Waals surface area contributed by atoms with Gasteiger partial charge in [0.05, 0.1) is 10.9 Å². The lowest BCUT2D eigenvalue weighted by molar-refractivity contribution is -0.113. The number of hydrogen-bond donors (Lipinski definition) is 1. The quantitative estimate of drug-likeness (QED) is 0.813. The van der Waals surface area contributed by atoms with Crippen molar-refractivity contribution in [1.29, 1.82) is 0 Å². The second kappa shape index (κ2) is 5.94. The third-order valence-electron chi connectivity index (χ3n) is 2.85. The first kappa shape index (κ1) is 14.4. The van der Waals surface area contributed by atoms with Gasteiger partial charge < -0.3 is 9.59 Å². The molecule has 0 radical (unpaired) electrons. The molecule has 0 spiro atoms. The van der Waals surface area contributed by atoms with Crippen molar-refractivity contribution in [3.05, 3.63) is 42.5 Å². The van der Waals surface area contributed by atoms with Gasteiger partial charge in [0.2, 0.25) is 10.0 Å². The first-order valence-electron chi connectivity index (χ1n) is 5.97. The monoisotopic (exact) mass is 291 g/mol. The molecule has 20 heavy (non-hydrogen) atoms. The molecule has 0 fully saturated rings. The van der Waals surface area contributed by atoms with Gasteiger partial charge >= 0.3 is 0 Å². The van der Waals surface area contributed by atoms with E-state index in [0.717, 1.165) is 10.8 Å². The summed E-state index contributed by atoms with van der Waals surface area (Å²) in [5.41, 5.74) is 0. The molecule has 0 bridgehead atoms. The molecule has 0 aromatic heterocycles. The Morgan fingerprint density at radius 3 is 2.40 bits per heavy atom. The van der Waals surface area contributed by atoms with Gasteiger partial charge in [0.15, 0.2) is 0 Å². The van der Waals surface area contributed by atoms with Crippen molar-refractivity contribution < 1.29 is 18.0 Å². The number of rotatable bonds is 6. The molecular formula is C14H13NO4S. The van der Waals surface area contributed by atoms with Crippen LogP contribution in [0.5, 0.6) is 0 Å². The Balaban J connectivity index is 2.35. The van der Waals surface area contributed by atoms with Gasteiger partial charge in [0, 0.05) is 6.42 Å². The molecule has 1 N–H and O–H groups in total. The van der Waals surface area contributed by atoms with Gasteiger partial charge in [0.25, 0.3) is 0 Å². The van der Waals surface area contributed by atoms with E-state index in [1.807, 2.05) is 18.2 Å². The van der Waals surface area contributed by atoms with Crippen LogP contribution in [0, 0.1) is 0 Å². The maximum absolute atomic E-state index is 12.1. The van der Waals surface area contributed by atoms with Crippen LogP contribution in [0.3, 0.4) is 0 Å². The largest absolute Gasteiger partial charge is 0.303 e. The summed E-state index contributed by atoms with van der Waals surface area (Å²) >= 11 is 0. The van der Waals surface area contributed by atoms with Crippen molar-refractivity contribution >= 4 is 33.4 Å². The highest BCUT2D eigenvalue weighted by atomic mass is 32.2. The maximum atomic E-state index is 12.1. The summed E-state index contributed by atoms with van der Waals surface area (Å²) in [6.07, 6.45) is 0.727. The summed E-state index contributed by atoms with van der Waals surface area (Å²) in [6, 6.07) is 11.0. The average Bonchev–Trinajstić information content (AvgIpc) is 2.46. The molecule has 0 saturated heterocycles. The highest BCUT2D eigenvalue weighted by molar-refractivity contribution is 7.89. The van der Waals surface area contributed by atoms with Gasteiger partial charge in [-0.15, -0.1) is 0 Å². The molecule has 6 heteroatoms. The molecule has 0 aliphatic heterocycles. The molecular weight excluding hydrogens is 278 g/mol. The van der Waals surface area contributed by atoms with Gasteiger partial charge in [-0.2, -0.15) is 0 Å². The summed E-state index contributed by atoms with van der Waals surface area (Å²) < 4.78 is 26.5. The minimum atomic E-state index is -3.83. The zero-order valence-corrected chi connectivity index (χ0v) is 11.3.